The summed E-state index contributed by atoms with van der Waals surface area (Å²) >= 11 is 0. The molecule has 0 aliphatic heterocycles. The molecular weight excluding hydrogens is 498 g/mol. The van der Waals surface area contributed by atoms with Crippen LogP contribution in [0.3, 0.4) is 0 Å². The molecule has 0 fully saturated rings. The van der Waals surface area contributed by atoms with E-state index in [1.807, 2.05) is 53.1 Å². The van der Waals surface area contributed by atoms with E-state index in [-0.39, 0.29) is 0 Å². The number of ether oxygens (including phenoxy) is 2. The number of rotatable bonds is 9. The number of hydrogen-bond acceptors (Lipinski definition) is 3. The van der Waals surface area contributed by atoms with Crippen LogP contribution in [0.4, 0.5) is 0 Å². The smallest absolute Gasteiger partial charge is 0.352 e. The zero-order valence-corrected chi connectivity index (χ0v) is 22.7. The largest absolute Gasteiger partial charge is 0.497 e. The number of nitrogens with zero attached hydrogens (tertiary/aromatic N) is 1. The lowest BCUT2D eigenvalue weighted by Gasteiger charge is -2.22. The van der Waals surface area contributed by atoms with Crippen molar-refractivity contribution in [3.63, 3.8) is 0 Å². The van der Waals surface area contributed by atoms with Crippen molar-refractivity contribution in [1.29, 1.82) is 0 Å². The summed E-state index contributed by atoms with van der Waals surface area (Å²) < 4.78 is 13.6. The van der Waals surface area contributed by atoms with Crippen LogP contribution in [0.25, 0.3) is 32.8 Å². The number of hydrogen-bond donors (Lipinski definition) is 1. The fourth-order valence-corrected chi connectivity index (χ4v) is 6.02. The van der Waals surface area contributed by atoms with E-state index in [2.05, 4.69) is 42.5 Å². The number of carboxylic acids is 1. The van der Waals surface area contributed by atoms with Gasteiger partial charge in [0.15, 0.2) is 0 Å². The van der Waals surface area contributed by atoms with Crippen LogP contribution in [0.5, 0.6) is 11.5 Å². The maximum atomic E-state index is 12.4. The fraction of sp³-hybridized carbons (Fsp3) is 0.229. The minimum atomic E-state index is -0.914. The normalized spacial score (nSPS) is 13.6. The number of carbonyl (C=O) groups is 1. The van der Waals surface area contributed by atoms with E-state index < -0.39 is 5.97 Å². The third kappa shape index (κ3) is 4.95. The van der Waals surface area contributed by atoms with Crippen LogP contribution in [0.2, 0.25) is 0 Å². The summed E-state index contributed by atoms with van der Waals surface area (Å²) in [5, 5.41) is 13.3. The summed E-state index contributed by atoms with van der Waals surface area (Å²) in [6, 6.07) is 30.6. The highest BCUT2D eigenvalue weighted by Gasteiger charge is 2.22. The van der Waals surface area contributed by atoms with Gasteiger partial charge in [0, 0.05) is 22.8 Å². The van der Waals surface area contributed by atoms with Gasteiger partial charge >= 0.3 is 5.97 Å². The standard InChI is InChI=1S/C35H33NO4/c1-39-26-13-6-12-25(22-26)27-14-4-5-16-29(27)30-17-8-18-32-31(30)23-33(35(37)38)36(32)20-9-21-40-34-19-7-11-24-10-2-3-15-28(24)34/h2-3,6-8,10-13,15,17-19,22-23H,4-5,9,14,16,20-21H2,1H3,(H,37,38). The first-order valence-corrected chi connectivity index (χ1v) is 14.0. The van der Waals surface area contributed by atoms with Crippen molar-refractivity contribution in [2.24, 2.45) is 0 Å². The van der Waals surface area contributed by atoms with Crippen molar-refractivity contribution in [2.75, 3.05) is 13.7 Å². The first-order chi connectivity index (χ1) is 19.6. The van der Waals surface area contributed by atoms with Gasteiger partial charge in [-0.25, -0.2) is 4.79 Å². The zero-order valence-electron chi connectivity index (χ0n) is 22.7. The van der Waals surface area contributed by atoms with Gasteiger partial charge in [0.05, 0.1) is 13.7 Å². The van der Waals surface area contributed by atoms with Gasteiger partial charge in [-0.05, 0) is 90.1 Å². The van der Waals surface area contributed by atoms with E-state index in [0.717, 1.165) is 64.4 Å². The first kappa shape index (κ1) is 25.8. The number of aromatic nitrogens is 1. The van der Waals surface area contributed by atoms with Crippen LogP contribution in [0.1, 0.15) is 53.7 Å². The molecule has 4 aromatic carbocycles. The summed E-state index contributed by atoms with van der Waals surface area (Å²) in [5.74, 6) is 0.784. The van der Waals surface area contributed by atoms with E-state index in [0.29, 0.717) is 25.3 Å². The number of benzene rings is 4. The maximum Gasteiger partial charge on any atom is 0.352 e. The van der Waals surface area contributed by atoms with Gasteiger partial charge in [-0.15, -0.1) is 0 Å². The highest BCUT2D eigenvalue weighted by atomic mass is 16.5. The molecule has 0 atom stereocenters. The third-order valence-electron chi connectivity index (χ3n) is 7.91. The lowest BCUT2D eigenvalue weighted by atomic mass is 9.83. The van der Waals surface area contributed by atoms with E-state index in [4.69, 9.17) is 9.47 Å². The summed E-state index contributed by atoms with van der Waals surface area (Å²) in [6.45, 7) is 1.05. The molecule has 0 saturated heterocycles. The Kier molecular flexibility index (Phi) is 7.28. The second-order valence-electron chi connectivity index (χ2n) is 10.3. The van der Waals surface area contributed by atoms with Crippen molar-refractivity contribution in [3.05, 3.63) is 108 Å². The Bertz CT molecular complexity index is 1720. The van der Waals surface area contributed by atoms with Crippen molar-refractivity contribution in [3.8, 4) is 11.5 Å². The molecule has 5 nitrogen and oxygen atoms in total. The lowest BCUT2D eigenvalue weighted by molar-refractivity contribution is 0.0685. The third-order valence-corrected chi connectivity index (χ3v) is 7.91. The second kappa shape index (κ2) is 11.3. The number of aromatic carboxylic acids is 1. The molecule has 0 unspecified atom stereocenters. The summed E-state index contributed by atoms with van der Waals surface area (Å²) in [6.07, 6.45) is 4.92. The molecule has 0 amide bonds. The Morgan fingerprint density at radius 1 is 0.850 bits per heavy atom. The predicted molar refractivity (Wildman–Crippen MR) is 161 cm³/mol. The van der Waals surface area contributed by atoms with E-state index >= 15 is 0 Å². The van der Waals surface area contributed by atoms with E-state index in [1.165, 1.54) is 16.7 Å². The number of aryl methyl sites for hydroxylation is 1. The van der Waals surface area contributed by atoms with Gasteiger partial charge in [-0.2, -0.15) is 0 Å². The SMILES string of the molecule is COc1cccc(C2=C(c3cccc4c3cc(C(=O)O)n4CCCOc3cccc4ccccc34)CCCC2)c1. The molecule has 202 valence electrons. The molecule has 0 saturated carbocycles. The molecule has 0 radical (unpaired) electrons. The number of carboxylic acid groups (broad SMARTS) is 1. The Morgan fingerprint density at radius 3 is 2.48 bits per heavy atom. The Hall–Kier alpha value is -4.51. The number of methoxy groups -OCH3 is 1. The Morgan fingerprint density at radius 2 is 1.62 bits per heavy atom. The van der Waals surface area contributed by atoms with Gasteiger partial charge in [0.2, 0.25) is 0 Å². The predicted octanol–water partition coefficient (Wildman–Crippen LogP) is 8.46. The number of fused-ring (bicyclic) bond motifs is 2. The van der Waals surface area contributed by atoms with Gasteiger partial charge < -0.3 is 19.1 Å². The second-order valence-corrected chi connectivity index (χ2v) is 10.3. The summed E-state index contributed by atoms with van der Waals surface area (Å²) in [7, 11) is 1.69. The van der Waals surface area contributed by atoms with Crippen LogP contribution in [0.15, 0.2) is 91.0 Å². The van der Waals surface area contributed by atoms with Gasteiger partial charge in [-0.1, -0.05) is 60.7 Å². The Balaban J connectivity index is 1.32. The van der Waals surface area contributed by atoms with Crippen molar-refractivity contribution in [1.82, 2.24) is 4.57 Å². The van der Waals surface area contributed by atoms with Crippen LogP contribution >= 0.6 is 0 Å². The molecular formula is C35H33NO4. The van der Waals surface area contributed by atoms with Gasteiger partial charge in [0.1, 0.15) is 17.2 Å². The molecule has 0 spiro atoms. The minimum Gasteiger partial charge on any atom is -0.497 e. The molecule has 5 aromatic rings. The van der Waals surface area contributed by atoms with Crippen molar-refractivity contribution in [2.45, 2.75) is 38.6 Å². The molecule has 1 aliphatic carbocycles. The summed E-state index contributed by atoms with van der Waals surface area (Å²) in [4.78, 5) is 12.4. The van der Waals surface area contributed by atoms with Crippen molar-refractivity contribution >= 4 is 38.8 Å². The molecule has 1 heterocycles. The quantitative estimate of drug-likeness (QED) is 0.194. The monoisotopic (exact) mass is 531 g/mol. The molecule has 40 heavy (non-hydrogen) atoms. The highest BCUT2D eigenvalue weighted by molar-refractivity contribution is 6.04. The first-order valence-electron chi connectivity index (χ1n) is 14.0. The average molecular weight is 532 g/mol. The topological polar surface area (TPSA) is 60.7 Å². The molecule has 6 rings (SSSR count). The molecule has 5 heteroatoms. The minimum absolute atomic E-state index is 0.312. The van der Waals surface area contributed by atoms with Crippen LogP contribution in [0, 0.1) is 0 Å². The molecule has 0 bridgehead atoms. The van der Waals surface area contributed by atoms with E-state index in [1.54, 1.807) is 7.11 Å². The Labute approximate surface area is 234 Å². The highest BCUT2D eigenvalue weighted by Crippen LogP contribution is 2.41. The van der Waals surface area contributed by atoms with Gasteiger partial charge in [0.25, 0.3) is 0 Å². The van der Waals surface area contributed by atoms with Crippen LogP contribution in [-0.4, -0.2) is 29.4 Å². The fourth-order valence-electron chi connectivity index (χ4n) is 6.02. The molecule has 1 aromatic heterocycles. The van der Waals surface area contributed by atoms with Crippen molar-refractivity contribution < 1.29 is 19.4 Å². The molecule has 1 N–H and O–H groups in total. The number of allylic oxidation sites excluding steroid dienone is 2. The zero-order chi connectivity index (χ0) is 27.5. The maximum absolute atomic E-state index is 12.4. The summed E-state index contributed by atoms with van der Waals surface area (Å²) in [5.41, 5.74) is 6.19. The van der Waals surface area contributed by atoms with Crippen LogP contribution in [-0.2, 0) is 6.54 Å². The molecule has 1 aliphatic rings. The average Bonchev–Trinajstić information content (AvgIpc) is 3.38. The van der Waals surface area contributed by atoms with Gasteiger partial charge in [-0.3, -0.25) is 0 Å². The lowest BCUT2D eigenvalue weighted by Crippen LogP contribution is -2.11. The van der Waals surface area contributed by atoms with Crippen LogP contribution < -0.4 is 9.47 Å². The van der Waals surface area contributed by atoms with E-state index in [9.17, 15) is 9.90 Å².